The maximum Gasteiger partial charge on any atom is 0.420 e. The number of nitrogens with zero attached hydrogens (tertiary/aromatic N) is 6. The highest BCUT2D eigenvalue weighted by Gasteiger charge is 2.46. The molecular weight excluding hydrogens is 1730 g/mol. The van der Waals surface area contributed by atoms with Crippen LogP contribution in [0.2, 0.25) is 0 Å². The zero-order valence-corrected chi connectivity index (χ0v) is 77.0. The highest BCUT2D eigenvalue weighted by atomic mass is 32.2. The Balaban J connectivity index is 0.655. The molecule has 4 aliphatic heterocycles. The van der Waals surface area contributed by atoms with Gasteiger partial charge in [-0.25, -0.2) is 9.69 Å². The number of benzene rings is 5. The van der Waals surface area contributed by atoms with Crippen LogP contribution in [0.5, 0.6) is 5.75 Å². The second-order valence-corrected chi connectivity index (χ2v) is 34.8. The van der Waals surface area contributed by atoms with Crippen LogP contribution in [0, 0.1) is 23.7 Å². The number of anilines is 2. The molecule has 0 aromatic heterocycles. The summed E-state index contributed by atoms with van der Waals surface area (Å²) < 4.78 is 94.9. The predicted molar refractivity (Wildman–Crippen MR) is 477 cm³/mol. The van der Waals surface area contributed by atoms with Gasteiger partial charge in [0.05, 0.1) is 142 Å². The lowest BCUT2D eigenvalue weighted by Gasteiger charge is -2.39. The quantitative estimate of drug-likeness (QED) is 0.0157. The minimum atomic E-state index is -5.01. The lowest BCUT2D eigenvalue weighted by molar-refractivity contribution is -0.146. The van der Waals surface area contributed by atoms with E-state index in [0.29, 0.717) is 127 Å². The van der Waals surface area contributed by atoms with Crippen LogP contribution in [0.3, 0.4) is 0 Å². The van der Waals surface area contributed by atoms with E-state index >= 15 is 0 Å². The first-order valence-corrected chi connectivity index (χ1v) is 45.0. The Morgan fingerprint density at radius 2 is 1.17 bits per heavy atom. The van der Waals surface area contributed by atoms with E-state index in [1.165, 1.54) is 32.2 Å². The number of aliphatic hydroxyl groups excluding tert-OH is 1. The summed E-state index contributed by atoms with van der Waals surface area (Å²) in [6, 6.07) is 27.2. The van der Waals surface area contributed by atoms with E-state index in [1.54, 1.807) is 148 Å². The fourth-order valence-electron chi connectivity index (χ4n) is 15.5. The number of methoxy groups -OCH3 is 2. The SMILES string of the molecule is CCC(C)C(C(CC(=O)N1CCCC1C(OC)C(C)C(=O)NC(C)C(O)c1ccccc1)OC)N(C)C(=O)CNC(=O)C(C(C)C)N(C)C(=O)OCc1ccc(NC(=O)CNC(=O)C(NC(=O)COCCOCCOCCOc2ccc(N3C(=O)C(Sc4ccc(C(=O)N5CCOCC5)cc4)=C(Sc4ccc(C(=O)N5CCOCC5)cc4)C3=O)cc2C(F)(F)F)C(C)C)cc1. The van der Waals surface area contributed by atoms with Gasteiger partial charge in [0.25, 0.3) is 23.6 Å². The molecular formula is C92H120F3N11O22S2. The Morgan fingerprint density at radius 1 is 0.615 bits per heavy atom. The van der Waals surface area contributed by atoms with Crippen LogP contribution in [-0.4, -0.2) is 290 Å². The number of nitrogens with one attached hydrogen (secondary N) is 5. The van der Waals surface area contributed by atoms with Gasteiger partial charge in [0.2, 0.25) is 41.4 Å². The van der Waals surface area contributed by atoms with Gasteiger partial charge in [-0.2, -0.15) is 13.2 Å². The van der Waals surface area contributed by atoms with Crippen molar-refractivity contribution in [2.75, 3.05) is 157 Å². The van der Waals surface area contributed by atoms with Crippen molar-refractivity contribution in [2.24, 2.45) is 23.7 Å². The molecule has 10 unspecified atom stereocenters. The molecule has 6 N–H and O–H groups in total. The minimum absolute atomic E-state index is 0.00786. The number of rotatable bonds is 46. The van der Waals surface area contributed by atoms with E-state index in [2.05, 4.69) is 26.6 Å². The predicted octanol–water partition coefficient (Wildman–Crippen LogP) is 8.51. The number of likely N-dealkylation sites (tertiary alicyclic amines) is 1. The van der Waals surface area contributed by atoms with Gasteiger partial charge in [0, 0.05) is 87.6 Å². The molecule has 0 spiro atoms. The number of alkyl halides is 3. The highest BCUT2D eigenvalue weighted by molar-refractivity contribution is 8.08. The van der Waals surface area contributed by atoms with E-state index in [0.717, 1.165) is 34.5 Å². The molecule has 0 bridgehead atoms. The van der Waals surface area contributed by atoms with Gasteiger partial charge in [-0.1, -0.05) is 121 Å². The topological polar surface area (TPSA) is 388 Å². The first-order valence-electron chi connectivity index (χ1n) is 43.4. The molecule has 0 saturated carbocycles. The number of thioether (sulfide) groups is 2. The summed E-state index contributed by atoms with van der Waals surface area (Å²) in [6.45, 7) is 15.8. The average Bonchev–Trinajstić information content (AvgIpc) is 1.58. The Kier molecular flexibility index (Phi) is 39.8. The summed E-state index contributed by atoms with van der Waals surface area (Å²) in [5.41, 5.74) is 0.654. The average molecular weight is 1850 g/mol. The van der Waals surface area contributed by atoms with E-state index < -0.39 is 151 Å². The molecule has 5 aromatic carbocycles. The number of carbonyl (C=O) groups is 12. The van der Waals surface area contributed by atoms with Crippen LogP contribution in [0.15, 0.2) is 141 Å². The van der Waals surface area contributed by atoms with Gasteiger partial charge in [-0.15, -0.1) is 0 Å². The summed E-state index contributed by atoms with van der Waals surface area (Å²) in [5.74, 6) is -8.06. The van der Waals surface area contributed by atoms with Gasteiger partial charge < -0.3 is 93.9 Å². The standard InChI is InChI=1S/C92H120F3N11O22S2/c1-13-58(6)79(72(120-11)51-75(109)105-35-17-20-70(105)81(121-12)59(7)84(112)98-60(8)80(111)62-18-15-14-16-19-62)101(9)76(110)53-97-86(114)78(57(4)5)102(10)91(119)128-54-61-21-27-65(28-22-61)99-73(107)52-96-85(113)77(56(2)3)100-74(108)55-126-47-46-124-44-45-125-48-49-127-71-34-29-66(50-69(71)92(93,94)95)106-89(117)82(129-67-30-23-63(24-31-67)87(115)103-36-40-122-41-37-103)83(90(106)118)130-68-32-25-64(26-33-68)88(116)104-38-42-123-43-39-104/h14-16,18-19,21-34,50,56-60,70,72,77-81,111H,13,17,20,35-49,51-55H2,1-12H3,(H,96,113)(H,97,114)(H,98,112)(H,99,107)(H,100,108). The monoisotopic (exact) mass is 1850 g/mol. The second-order valence-electron chi connectivity index (χ2n) is 32.6. The third-order valence-electron chi connectivity index (χ3n) is 22.8. The summed E-state index contributed by atoms with van der Waals surface area (Å²) >= 11 is 1.83. The number of hydrogen-bond acceptors (Lipinski definition) is 24. The Bertz CT molecular complexity index is 4600. The smallest absolute Gasteiger partial charge is 0.420 e. The third kappa shape index (κ3) is 28.7. The molecule has 12 amide bonds. The molecule has 9 rings (SSSR count). The third-order valence-corrected chi connectivity index (χ3v) is 25.1. The number of carbonyl (C=O) groups excluding carboxylic acids is 12. The molecule has 3 fully saturated rings. The normalized spacial score (nSPS) is 17.0. The van der Waals surface area contributed by atoms with Crippen molar-refractivity contribution >= 4 is 106 Å². The van der Waals surface area contributed by atoms with Crippen molar-refractivity contribution in [2.45, 2.75) is 152 Å². The summed E-state index contributed by atoms with van der Waals surface area (Å²) in [5, 5.41) is 24.4. The number of hydrogen-bond donors (Lipinski definition) is 6. The first kappa shape index (κ1) is 103. The van der Waals surface area contributed by atoms with Gasteiger partial charge in [-0.3, -0.25) is 57.6 Å². The fraction of sp³-hybridized carbons (Fsp3) is 0.522. The Hall–Kier alpha value is -10.6. The van der Waals surface area contributed by atoms with Crippen molar-refractivity contribution in [3.63, 3.8) is 0 Å². The van der Waals surface area contributed by atoms with Gasteiger partial charge in [0.15, 0.2) is 0 Å². The molecule has 5 aromatic rings. The Labute approximate surface area is 763 Å². The van der Waals surface area contributed by atoms with Crippen LogP contribution < -0.4 is 36.2 Å². The number of likely N-dealkylation sites (N-methyl/N-ethyl adjacent to an activating group) is 2. The van der Waals surface area contributed by atoms with Crippen molar-refractivity contribution in [1.82, 2.24) is 45.8 Å². The largest absolute Gasteiger partial charge is 0.491 e. The number of imide groups is 1. The van der Waals surface area contributed by atoms with Crippen molar-refractivity contribution in [3.05, 3.63) is 159 Å². The van der Waals surface area contributed by atoms with Crippen molar-refractivity contribution in [1.29, 1.82) is 0 Å². The Morgan fingerprint density at radius 3 is 1.70 bits per heavy atom. The number of halogens is 3. The summed E-state index contributed by atoms with van der Waals surface area (Å²) in [7, 11) is 5.97. The maximum atomic E-state index is 14.9. The molecule has 4 aliphatic rings. The van der Waals surface area contributed by atoms with Gasteiger partial charge >= 0.3 is 12.3 Å². The molecule has 38 heteroatoms. The van der Waals surface area contributed by atoms with Crippen LogP contribution in [0.1, 0.15) is 125 Å². The number of morpholine rings is 2. The second kappa shape index (κ2) is 50.2. The summed E-state index contributed by atoms with van der Waals surface area (Å²) in [4.78, 5) is 173. The van der Waals surface area contributed by atoms with Crippen molar-refractivity contribution in [3.8, 4) is 5.75 Å². The highest BCUT2D eigenvalue weighted by Crippen LogP contribution is 2.47. The zero-order valence-electron chi connectivity index (χ0n) is 75.4. The number of ether oxygens (including phenoxy) is 9. The first-order chi connectivity index (χ1) is 62.1. The van der Waals surface area contributed by atoms with Crippen LogP contribution in [0.25, 0.3) is 0 Å². The lowest BCUT2D eigenvalue weighted by Crippen LogP contribution is -2.56. The molecule has 10 atom stereocenters. The van der Waals surface area contributed by atoms with Crippen LogP contribution in [0.4, 0.5) is 29.3 Å². The minimum Gasteiger partial charge on any atom is -0.491 e. The number of aliphatic hydroxyl groups is 1. The molecule has 4 heterocycles. The van der Waals surface area contributed by atoms with E-state index in [-0.39, 0.29) is 97.7 Å². The van der Waals surface area contributed by atoms with Crippen LogP contribution in [-0.2, 0) is 93.8 Å². The van der Waals surface area contributed by atoms with Gasteiger partial charge in [-0.05, 0) is 128 Å². The molecule has 708 valence electrons. The summed E-state index contributed by atoms with van der Waals surface area (Å²) in [6.07, 6.45) is -6.46. The molecule has 33 nitrogen and oxygen atoms in total. The maximum absolute atomic E-state index is 14.9. The van der Waals surface area contributed by atoms with Crippen LogP contribution >= 0.6 is 23.5 Å². The molecule has 130 heavy (non-hydrogen) atoms. The van der Waals surface area contributed by atoms with E-state index in [1.807, 2.05) is 32.0 Å². The molecule has 0 radical (unpaired) electrons. The number of amides is 12. The molecule has 3 saturated heterocycles. The van der Waals surface area contributed by atoms with Crippen molar-refractivity contribution < 1.29 is 118 Å². The fourth-order valence-corrected chi connectivity index (χ4v) is 17.5. The van der Waals surface area contributed by atoms with Gasteiger partial charge in [0.1, 0.15) is 37.7 Å². The van der Waals surface area contributed by atoms with E-state index in [4.69, 9.17) is 42.6 Å². The zero-order chi connectivity index (χ0) is 94.5. The van der Waals surface area contributed by atoms with E-state index in [9.17, 15) is 75.8 Å². The lowest BCUT2D eigenvalue weighted by atomic mass is 9.90. The molecule has 0 aliphatic carbocycles.